The molecule has 2 heterocycles. The molecule has 1 N–H and O–H groups in total. The minimum absolute atomic E-state index is 0.0410. The Labute approximate surface area is 127 Å². The maximum atomic E-state index is 12.9. The summed E-state index contributed by atoms with van der Waals surface area (Å²) in [4.78, 5) is 27.6. The van der Waals surface area contributed by atoms with Crippen molar-refractivity contribution in [2.75, 3.05) is 13.1 Å². The quantitative estimate of drug-likeness (QED) is 0.902. The number of carbonyl (C=O) groups is 2. The SMILES string of the molecule is O=C(c1ncsc1C(F)(F)F)N1C[C@@H]2CCC[C@@]2(C(=O)O)C1. The third kappa shape index (κ3) is 2.18. The Morgan fingerprint density at radius 3 is 2.77 bits per heavy atom. The molecule has 1 aliphatic heterocycles. The summed E-state index contributed by atoms with van der Waals surface area (Å²) in [5.41, 5.74) is -0.651. The fraction of sp³-hybridized carbons (Fsp3) is 0.615. The van der Waals surface area contributed by atoms with Gasteiger partial charge in [-0.1, -0.05) is 6.42 Å². The molecule has 0 bridgehead atoms. The lowest BCUT2D eigenvalue weighted by atomic mass is 9.81. The molecule has 1 saturated carbocycles. The number of hydrogen-bond acceptors (Lipinski definition) is 4. The van der Waals surface area contributed by atoms with Crippen molar-refractivity contribution in [1.29, 1.82) is 0 Å². The van der Waals surface area contributed by atoms with Gasteiger partial charge in [0.2, 0.25) is 0 Å². The number of carbonyl (C=O) groups excluding carboxylic acids is 1. The van der Waals surface area contributed by atoms with Crippen LogP contribution in [0.4, 0.5) is 13.2 Å². The summed E-state index contributed by atoms with van der Waals surface area (Å²) >= 11 is 0.370. The number of aliphatic carboxylic acids is 1. The molecule has 120 valence electrons. The second-order valence-electron chi connectivity index (χ2n) is 5.76. The van der Waals surface area contributed by atoms with Gasteiger partial charge in [-0.25, -0.2) is 4.98 Å². The van der Waals surface area contributed by atoms with Gasteiger partial charge in [0.1, 0.15) is 4.88 Å². The van der Waals surface area contributed by atoms with Crippen LogP contribution in [-0.4, -0.2) is 40.0 Å². The standard InChI is InChI=1S/C13H13F3N2O3S/c14-13(15,16)9-8(17-6-22-9)10(19)18-4-7-2-1-3-12(7,5-18)11(20)21/h6-7H,1-5H2,(H,20,21)/t7-,12+/m0/s1. The van der Waals surface area contributed by atoms with E-state index in [0.29, 0.717) is 24.2 Å². The third-order valence-electron chi connectivity index (χ3n) is 4.61. The molecule has 0 aromatic carbocycles. The van der Waals surface area contributed by atoms with Crippen molar-refractivity contribution >= 4 is 23.2 Å². The Morgan fingerprint density at radius 2 is 2.18 bits per heavy atom. The summed E-state index contributed by atoms with van der Waals surface area (Å²) < 4.78 is 38.6. The van der Waals surface area contributed by atoms with Gasteiger partial charge >= 0.3 is 12.1 Å². The molecule has 1 amide bonds. The number of hydrogen-bond donors (Lipinski definition) is 1. The molecule has 2 atom stereocenters. The molecule has 22 heavy (non-hydrogen) atoms. The second kappa shape index (κ2) is 4.94. The number of carboxylic acids is 1. The van der Waals surface area contributed by atoms with E-state index in [1.165, 1.54) is 4.90 Å². The molecule has 2 fully saturated rings. The zero-order valence-corrected chi connectivity index (χ0v) is 12.2. The third-order valence-corrected chi connectivity index (χ3v) is 5.48. The summed E-state index contributed by atoms with van der Waals surface area (Å²) in [6.45, 7) is 0.139. The zero-order chi connectivity index (χ0) is 16.1. The highest BCUT2D eigenvalue weighted by Gasteiger charge is 2.56. The fourth-order valence-electron chi connectivity index (χ4n) is 3.54. The molecule has 0 spiro atoms. The highest BCUT2D eigenvalue weighted by Crippen LogP contribution is 2.49. The lowest BCUT2D eigenvalue weighted by Gasteiger charge is -2.23. The molecule has 1 aromatic rings. The number of aromatic nitrogens is 1. The van der Waals surface area contributed by atoms with Crippen molar-refractivity contribution in [3.8, 4) is 0 Å². The zero-order valence-electron chi connectivity index (χ0n) is 11.4. The van der Waals surface area contributed by atoms with Gasteiger partial charge in [-0.05, 0) is 18.8 Å². The first-order valence-corrected chi connectivity index (χ1v) is 7.67. The van der Waals surface area contributed by atoms with E-state index in [1.807, 2.05) is 0 Å². The van der Waals surface area contributed by atoms with Crippen LogP contribution < -0.4 is 0 Å². The minimum atomic E-state index is -4.63. The molecule has 2 aliphatic rings. The van der Waals surface area contributed by atoms with Crippen molar-refractivity contribution in [1.82, 2.24) is 9.88 Å². The van der Waals surface area contributed by atoms with E-state index in [4.69, 9.17) is 0 Å². The minimum Gasteiger partial charge on any atom is -0.481 e. The first kappa shape index (κ1) is 15.3. The van der Waals surface area contributed by atoms with Gasteiger partial charge < -0.3 is 10.0 Å². The maximum absolute atomic E-state index is 12.9. The van der Waals surface area contributed by atoms with Gasteiger partial charge in [0.05, 0.1) is 10.9 Å². The van der Waals surface area contributed by atoms with Crippen LogP contribution in [0.15, 0.2) is 5.51 Å². The van der Waals surface area contributed by atoms with Crippen molar-refractivity contribution in [2.45, 2.75) is 25.4 Å². The van der Waals surface area contributed by atoms with E-state index in [-0.39, 0.29) is 19.0 Å². The predicted molar refractivity (Wildman–Crippen MR) is 70.4 cm³/mol. The first-order valence-electron chi connectivity index (χ1n) is 6.79. The molecule has 0 unspecified atom stereocenters. The highest BCUT2D eigenvalue weighted by molar-refractivity contribution is 7.10. The number of carboxylic acid groups (broad SMARTS) is 1. The Kier molecular flexibility index (Phi) is 3.42. The van der Waals surface area contributed by atoms with Crippen LogP contribution in [0, 0.1) is 11.3 Å². The first-order chi connectivity index (χ1) is 10.3. The van der Waals surface area contributed by atoms with Gasteiger partial charge in [0.15, 0.2) is 5.69 Å². The van der Waals surface area contributed by atoms with Crippen molar-refractivity contribution in [3.05, 3.63) is 16.1 Å². The summed E-state index contributed by atoms with van der Waals surface area (Å²) in [6, 6.07) is 0. The van der Waals surface area contributed by atoms with Crippen molar-refractivity contribution in [3.63, 3.8) is 0 Å². The molecule has 1 aromatic heterocycles. The lowest BCUT2D eigenvalue weighted by Crippen LogP contribution is -2.37. The summed E-state index contributed by atoms with van der Waals surface area (Å²) in [7, 11) is 0. The van der Waals surface area contributed by atoms with Gasteiger partial charge in [-0.3, -0.25) is 9.59 Å². The number of nitrogens with zero attached hydrogens (tertiary/aromatic N) is 2. The van der Waals surface area contributed by atoms with Crippen LogP contribution in [-0.2, 0) is 11.0 Å². The molecule has 9 heteroatoms. The van der Waals surface area contributed by atoms with Crippen molar-refractivity contribution < 1.29 is 27.9 Å². The van der Waals surface area contributed by atoms with E-state index >= 15 is 0 Å². The van der Waals surface area contributed by atoms with Crippen LogP contribution in [0.1, 0.15) is 34.6 Å². The molecule has 5 nitrogen and oxygen atoms in total. The Bertz CT molecular complexity index is 630. The summed E-state index contributed by atoms with van der Waals surface area (Å²) in [5, 5.41) is 9.46. The van der Waals surface area contributed by atoms with Crippen LogP contribution >= 0.6 is 11.3 Å². The van der Waals surface area contributed by atoms with E-state index < -0.39 is 34.0 Å². The van der Waals surface area contributed by atoms with E-state index in [9.17, 15) is 27.9 Å². The molecule has 1 saturated heterocycles. The number of amides is 1. The molecular weight excluding hydrogens is 321 g/mol. The van der Waals surface area contributed by atoms with Crippen LogP contribution in [0.5, 0.6) is 0 Å². The van der Waals surface area contributed by atoms with Gasteiger partial charge in [0.25, 0.3) is 5.91 Å². The maximum Gasteiger partial charge on any atom is 0.427 e. The lowest BCUT2D eigenvalue weighted by molar-refractivity contribution is -0.149. The second-order valence-corrected chi connectivity index (χ2v) is 6.62. The smallest absolute Gasteiger partial charge is 0.427 e. The number of rotatable bonds is 2. The molecular formula is C13H13F3N2O3S. The Morgan fingerprint density at radius 1 is 1.45 bits per heavy atom. The van der Waals surface area contributed by atoms with Crippen LogP contribution in [0.25, 0.3) is 0 Å². The highest BCUT2D eigenvalue weighted by atomic mass is 32.1. The van der Waals surface area contributed by atoms with Crippen molar-refractivity contribution in [2.24, 2.45) is 11.3 Å². The average Bonchev–Trinajstić information content (AvgIpc) is 3.10. The van der Waals surface area contributed by atoms with Gasteiger partial charge in [-0.15, -0.1) is 11.3 Å². The number of likely N-dealkylation sites (tertiary alicyclic amines) is 1. The van der Waals surface area contributed by atoms with E-state index in [1.54, 1.807) is 0 Å². The predicted octanol–water partition coefficient (Wildman–Crippen LogP) is 2.49. The average molecular weight is 334 g/mol. The van der Waals surface area contributed by atoms with E-state index in [0.717, 1.165) is 11.9 Å². The Balaban J connectivity index is 1.87. The Hall–Kier alpha value is -1.64. The number of halogens is 3. The summed E-state index contributed by atoms with van der Waals surface area (Å²) in [6.07, 6.45) is -2.73. The fourth-order valence-corrected chi connectivity index (χ4v) is 4.19. The normalized spacial score (nSPS) is 28.0. The summed E-state index contributed by atoms with van der Waals surface area (Å²) in [5.74, 6) is -2.00. The number of alkyl halides is 3. The van der Waals surface area contributed by atoms with Gasteiger partial charge in [0, 0.05) is 13.1 Å². The number of fused-ring (bicyclic) bond motifs is 1. The molecule has 1 aliphatic carbocycles. The monoisotopic (exact) mass is 334 g/mol. The molecule has 3 rings (SSSR count). The van der Waals surface area contributed by atoms with E-state index in [2.05, 4.69) is 4.98 Å². The number of thiazole rings is 1. The van der Waals surface area contributed by atoms with Crippen LogP contribution in [0.2, 0.25) is 0 Å². The topological polar surface area (TPSA) is 70.5 Å². The molecule has 0 radical (unpaired) electrons. The van der Waals surface area contributed by atoms with Gasteiger partial charge in [-0.2, -0.15) is 13.2 Å². The van der Waals surface area contributed by atoms with Crippen LogP contribution in [0.3, 0.4) is 0 Å². The largest absolute Gasteiger partial charge is 0.481 e.